The topological polar surface area (TPSA) is 68.0 Å². The molecule has 3 rings (SSSR count). The zero-order valence-corrected chi connectivity index (χ0v) is 14.7. The van der Waals surface area contributed by atoms with E-state index < -0.39 is 0 Å². The predicted octanol–water partition coefficient (Wildman–Crippen LogP) is 4.39. The van der Waals surface area contributed by atoms with Gasteiger partial charge in [0.15, 0.2) is 0 Å². The molecule has 1 aromatic carbocycles. The maximum atomic E-state index is 12.4. The SMILES string of the molecule is CC(C)[C@@H](NC(=O)C1CCCC1)c1nc(-c2ccc(Cl)cc2)no1. The molecule has 0 spiro atoms. The lowest BCUT2D eigenvalue weighted by molar-refractivity contribution is -0.126. The highest BCUT2D eigenvalue weighted by molar-refractivity contribution is 6.30. The number of nitrogens with one attached hydrogen (secondary N) is 1. The fraction of sp³-hybridized carbons (Fsp3) is 0.500. The highest BCUT2D eigenvalue weighted by Crippen LogP contribution is 2.28. The van der Waals surface area contributed by atoms with E-state index in [1.807, 2.05) is 26.0 Å². The van der Waals surface area contributed by atoms with Crippen LogP contribution in [-0.4, -0.2) is 16.0 Å². The molecule has 0 bridgehead atoms. The molecule has 1 N–H and O–H groups in total. The number of nitrogens with zero attached hydrogens (tertiary/aromatic N) is 2. The van der Waals surface area contributed by atoms with Gasteiger partial charge in [-0.2, -0.15) is 4.98 Å². The molecule has 128 valence electrons. The molecule has 1 saturated carbocycles. The van der Waals surface area contributed by atoms with Crippen LogP contribution in [0.3, 0.4) is 0 Å². The van der Waals surface area contributed by atoms with Gasteiger partial charge in [0.1, 0.15) is 6.04 Å². The van der Waals surface area contributed by atoms with E-state index in [-0.39, 0.29) is 23.8 Å². The van der Waals surface area contributed by atoms with E-state index in [1.165, 1.54) is 0 Å². The summed E-state index contributed by atoms with van der Waals surface area (Å²) in [7, 11) is 0. The third-order valence-electron chi connectivity index (χ3n) is 4.50. The largest absolute Gasteiger partial charge is 0.344 e. The number of hydrogen-bond donors (Lipinski definition) is 1. The van der Waals surface area contributed by atoms with Gasteiger partial charge in [-0.3, -0.25) is 4.79 Å². The third-order valence-corrected chi connectivity index (χ3v) is 4.75. The third kappa shape index (κ3) is 3.78. The molecule has 1 aliphatic carbocycles. The molecule has 1 aromatic heterocycles. The van der Waals surface area contributed by atoms with Gasteiger partial charge in [0, 0.05) is 16.5 Å². The van der Waals surface area contributed by atoms with Gasteiger partial charge in [0.05, 0.1) is 0 Å². The van der Waals surface area contributed by atoms with Gasteiger partial charge in [-0.05, 0) is 43.0 Å². The average Bonchev–Trinajstić information content (AvgIpc) is 3.24. The smallest absolute Gasteiger partial charge is 0.249 e. The molecule has 2 aromatic rings. The molecular formula is C18H22ClN3O2. The Balaban J connectivity index is 1.76. The van der Waals surface area contributed by atoms with Crippen molar-refractivity contribution in [2.45, 2.75) is 45.6 Å². The van der Waals surface area contributed by atoms with E-state index in [4.69, 9.17) is 16.1 Å². The summed E-state index contributed by atoms with van der Waals surface area (Å²) in [5.74, 6) is 1.32. The van der Waals surface area contributed by atoms with Crippen LogP contribution >= 0.6 is 11.6 Å². The quantitative estimate of drug-likeness (QED) is 0.870. The molecule has 1 aliphatic rings. The molecule has 1 fully saturated rings. The fourth-order valence-electron chi connectivity index (χ4n) is 3.05. The van der Waals surface area contributed by atoms with Gasteiger partial charge in [0.25, 0.3) is 0 Å². The molecule has 5 nitrogen and oxygen atoms in total. The lowest BCUT2D eigenvalue weighted by Crippen LogP contribution is -2.35. The molecule has 0 unspecified atom stereocenters. The Bertz CT molecular complexity index is 691. The van der Waals surface area contributed by atoms with Crippen LogP contribution in [0.25, 0.3) is 11.4 Å². The first-order valence-corrected chi connectivity index (χ1v) is 8.82. The summed E-state index contributed by atoms with van der Waals surface area (Å²) in [5.41, 5.74) is 0.832. The minimum atomic E-state index is -0.272. The summed E-state index contributed by atoms with van der Waals surface area (Å²) in [5, 5.41) is 7.79. The minimum absolute atomic E-state index is 0.0949. The standard InChI is InChI=1S/C18H22ClN3O2/c1-11(2)15(20-17(23)13-5-3-4-6-13)18-21-16(22-24-18)12-7-9-14(19)10-8-12/h7-11,13,15H,3-6H2,1-2H3,(H,20,23)/t15-/m1/s1. The fourth-order valence-corrected chi connectivity index (χ4v) is 3.18. The normalized spacial score (nSPS) is 16.5. The second-order valence-corrected chi connectivity index (χ2v) is 7.11. The number of carbonyl (C=O) groups is 1. The van der Waals surface area contributed by atoms with E-state index in [0.29, 0.717) is 16.7 Å². The lowest BCUT2D eigenvalue weighted by atomic mass is 10.0. The summed E-state index contributed by atoms with van der Waals surface area (Å²) >= 11 is 5.90. The Morgan fingerprint density at radius 1 is 1.25 bits per heavy atom. The van der Waals surface area contributed by atoms with Crippen molar-refractivity contribution in [1.29, 1.82) is 0 Å². The second kappa shape index (κ2) is 7.34. The Morgan fingerprint density at radius 2 is 1.92 bits per heavy atom. The van der Waals surface area contributed by atoms with E-state index >= 15 is 0 Å². The summed E-state index contributed by atoms with van der Waals surface area (Å²) in [6, 6.07) is 6.99. The maximum absolute atomic E-state index is 12.4. The highest BCUT2D eigenvalue weighted by atomic mass is 35.5. The Morgan fingerprint density at radius 3 is 2.54 bits per heavy atom. The van der Waals surface area contributed by atoms with E-state index in [1.54, 1.807) is 12.1 Å². The van der Waals surface area contributed by atoms with Crippen LogP contribution < -0.4 is 5.32 Å². The molecule has 24 heavy (non-hydrogen) atoms. The van der Waals surface area contributed by atoms with Gasteiger partial charge in [-0.15, -0.1) is 0 Å². The van der Waals surface area contributed by atoms with Gasteiger partial charge in [0.2, 0.25) is 17.6 Å². The molecule has 1 heterocycles. The van der Waals surface area contributed by atoms with Crippen LogP contribution in [0.4, 0.5) is 0 Å². The summed E-state index contributed by atoms with van der Waals surface area (Å²) in [6.07, 6.45) is 4.20. The first-order valence-electron chi connectivity index (χ1n) is 8.44. The van der Waals surface area contributed by atoms with Crippen LogP contribution in [0.15, 0.2) is 28.8 Å². The number of carbonyl (C=O) groups excluding carboxylic acids is 1. The van der Waals surface area contributed by atoms with Crippen molar-refractivity contribution in [2.24, 2.45) is 11.8 Å². The van der Waals surface area contributed by atoms with Crippen molar-refractivity contribution >= 4 is 17.5 Å². The molecular weight excluding hydrogens is 326 g/mol. The van der Waals surface area contributed by atoms with E-state index in [9.17, 15) is 4.79 Å². The van der Waals surface area contributed by atoms with Crippen LogP contribution in [0, 0.1) is 11.8 Å². The van der Waals surface area contributed by atoms with Crippen molar-refractivity contribution in [3.05, 3.63) is 35.2 Å². The number of amides is 1. The highest BCUT2D eigenvalue weighted by Gasteiger charge is 2.29. The molecule has 1 atom stereocenters. The molecule has 0 aliphatic heterocycles. The van der Waals surface area contributed by atoms with Crippen molar-refractivity contribution in [1.82, 2.24) is 15.5 Å². The van der Waals surface area contributed by atoms with Crippen LogP contribution in [0.5, 0.6) is 0 Å². The maximum Gasteiger partial charge on any atom is 0.249 e. The summed E-state index contributed by atoms with van der Waals surface area (Å²) in [6.45, 7) is 4.07. The first kappa shape index (κ1) is 17.0. The Kier molecular flexibility index (Phi) is 5.19. The number of benzene rings is 1. The van der Waals surface area contributed by atoms with Crippen molar-refractivity contribution < 1.29 is 9.32 Å². The van der Waals surface area contributed by atoms with Gasteiger partial charge < -0.3 is 9.84 Å². The number of halogens is 1. The lowest BCUT2D eigenvalue weighted by Gasteiger charge is -2.20. The Hall–Kier alpha value is -1.88. The van der Waals surface area contributed by atoms with Crippen molar-refractivity contribution in [2.75, 3.05) is 0 Å². The van der Waals surface area contributed by atoms with Crippen LogP contribution in [-0.2, 0) is 4.79 Å². The number of aromatic nitrogens is 2. The second-order valence-electron chi connectivity index (χ2n) is 6.67. The van der Waals surface area contributed by atoms with Gasteiger partial charge in [-0.1, -0.05) is 43.4 Å². The van der Waals surface area contributed by atoms with Crippen molar-refractivity contribution in [3.8, 4) is 11.4 Å². The van der Waals surface area contributed by atoms with Crippen LogP contribution in [0.2, 0.25) is 5.02 Å². The zero-order chi connectivity index (χ0) is 17.1. The first-order chi connectivity index (χ1) is 11.5. The number of hydrogen-bond acceptors (Lipinski definition) is 4. The van der Waals surface area contributed by atoms with E-state index in [0.717, 1.165) is 31.2 Å². The molecule has 1 amide bonds. The summed E-state index contributed by atoms with van der Waals surface area (Å²) < 4.78 is 5.43. The summed E-state index contributed by atoms with van der Waals surface area (Å²) in [4.78, 5) is 16.9. The molecule has 0 radical (unpaired) electrons. The van der Waals surface area contributed by atoms with Gasteiger partial charge in [-0.25, -0.2) is 0 Å². The zero-order valence-electron chi connectivity index (χ0n) is 14.0. The Labute approximate surface area is 146 Å². The van der Waals surface area contributed by atoms with E-state index in [2.05, 4.69) is 15.5 Å². The number of rotatable bonds is 5. The van der Waals surface area contributed by atoms with Crippen LogP contribution in [0.1, 0.15) is 51.5 Å². The monoisotopic (exact) mass is 347 g/mol. The van der Waals surface area contributed by atoms with Gasteiger partial charge >= 0.3 is 0 Å². The minimum Gasteiger partial charge on any atom is -0.344 e. The molecule has 6 heteroatoms. The predicted molar refractivity (Wildman–Crippen MR) is 92.4 cm³/mol. The average molecular weight is 348 g/mol. The van der Waals surface area contributed by atoms with Crippen molar-refractivity contribution in [3.63, 3.8) is 0 Å². The molecule has 0 saturated heterocycles.